The van der Waals surface area contributed by atoms with Crippen LogP contribution in [0.1, 0.15) is 18.1 Å². The normalized spacial score (nSPS) is 10.5. The average molecular weight is 446 g/mol. The van der Waals surface area contributed by atoms with Gasteiger partial charge in [-0.2, -0.15) is 5.26 Å². The van der Waals surface area contributed by atoms with Crippen LogP contribution in [0.25, 0.3) is 11.3 Å². The largest absolute Gasteiger partial charge is 0.490 e. The average Bonchev–Trinajstić information content (AvgIpc) is 2.73. The number of nitrogens with one attached hydrogen (secondary N) is 1. The van der Waals surface area contributed by atoms with E-state index in [0.717, 1.165) is 0 Å². The van der Waals surface area contributed by atoms with Crippen molar-refractivity contribution >= 4 is 23.4 Å². The van der Waals surface area contributed by atoms with Crippen molar-refractivity contribution < 1.29 is 13.9 Å². The summed E-state index contributed by atoms with van der Waals surface area (Å²) in [5, 5.41) is 10.0. The minimum absolute atomic E-state index is 0.0890. The number of H-pyrrole nitrogens is 1. The van der Waals surface area contributed by atoms with Crippen molar-refractivity contribution in [1.82, 2.24) is 9.97 Å². The minimum Gasteiger partial charge on any atom is -0.490 e. The third-order valence-corrected chi connectivity index (χ3v) is 5.09. The van der Waals surface area contributed by atoms with Crippen LogP contribution in [-0.2, 0) is 6.61 Å². The summed E-state index contributed by atoms with van der Waals surface area (Å²) < 4.78 is 25.4. The zero-order valence-electron chi connectivity index (χ0n) is 16.2. The third-order valence-electron chi connectivity index (χ3n) is 4.15. The van der Waals surface area contributed by atoms with Gasteiger partial charge in [0.15, 0.2) is 16.7 Å². The summed E-state index contributed by atoms with van der Waals surface area (Å²) in [5.41, 5.74) is 0.391. The second-order valence-corrected chi connectivity index (χ2v) is 7.20. The second-order valence-electron chi connectivity index (χ2n) is 5.99. The highest BCUT2D eigenvalue weighted by Gasteiger charge is 2.17. The lowest BCUT2D eigenvalue weighted by atomic mass is 10.1. The summed E-state index contributed by atoms with van der Waals surface area (Å²) in [6, 6.07) is 11.2. The Hall–Kier alpha value is -3.02. The Kier molecular flexibility index (Phi) is 6.98. The molecule has 0 saturated heterocycles. The number of hydrogen-bond acceptors (Lipinski definition) is 6. The fourth-order valence-corrected chi connectivity index (χ4v) is 3.32. The van der Waals surface area contributed by atoms with Crippen molar-refractivity contribution in [2.45, 2.75) is 18.7 Å². The van der Waals surface area contributed by atoms with Crippen LogP contribution in [0.15, 0.2) is 46.3 Å². The smallest absolute Gasteiger partial charge is 0.270 e. The number of aromatic nitrogens is 2. The van der Waals surface area contributed by atoms with E-state index in [4.69, 9.17) is 21.1 Å². The predicted molar refractivity (Wildman–Crippen MR) is 114 cm³/mol. The number of rotatable bonds is 7. The Morgan fingerprint density at radius 1 is 1.27 bits per heavy atom. The van der Waals surface area contributed by atoms with E-state index in [2.05, 4.69) is 9.97 Å². The quantitative estimate of drug-likeness (QED) is 0.415. The molecule has 0 fully saturated rings. The number of nitriles is 1. The van der Waals surface area contributed by atoms with Gasteiger partial charge in [0.2, 0.25) is 0 Å². The Labute approximate surface area is 181 Å². The number of halogens is 2. The molecule has 0 aliphatic heterocycles. The van der Waals surface area contributed by atoms with Gasteiger partial charge in [-0.1, -0.05) is 29.4 Å². The zero-order chi connectivity index (χ0) is 21.7. The summed E-state index contributed by atoms with van der Waals surface area (Å²) in [5.74, 6) is 0.278. The van der Waals surface area contributed by atoms with E-state index in [1.165, 1.54) is 23.9 Å². The van der Waals surface area contributed by atoms with Gasteiger partial charge >= 0.3 is 0 Å². The van der Waals surface area contributed by atoms with Crippen LogP contribution in [0, 0.1) is 17.1 Å². The molecule has 0 atom stereocenters. The molecule has 1 N–H and O–H groups in total. The van der Waals surface area contributed by atoms with E-state index in [-0.39, 0.29) is 28.5 Å². The summed E-state index contributed by atoms with van der Waals surface area (Å²) in [6.07, 6.45) is 1.77. The molecule has 1 aromatic heterocycles. The Bertz CT molecular complexity index is 1160. The molecular formula is C21H17ClFN3O3S. The lowest BCUT2D eigenvalue weighted by molar-refractivity contribution is 0.266. The molecule has 30 heavy (non-hydrogen) atoms. The molecule has 154 valence electrons. The number of benzene rings is 2. The number of aromatic amines is 1. The molecule has 0 bridgehead atoms. The van der Waals surface area contributed by atoms with Crippen molar-refractivity contribution in [2.75, 3.05) is 12.9 Å². The molecule has 0 amide bonds. The molecule has 1 heterocycles. The van der Waals surface area contributed by atoms with Crippen molar-refractivity contribution in [3.05, 3.63) is 68.7 Å². The SMILES string of the molecule is CCOc1cc(-c2nc(SC)[nH]c(=O)c2C#N)ccc1OCc1c(F)cccc1Cl. The summed E-state index contributed by atoms with van der Waals surface area (Å²) in [6.45, 7) is 2.07. The molecule has 9 heteroatoms. The van der Waals surface area contributed by atoms with Gasteiger partial charge in [-0.15, -0.1) is 0 Å². The molecule has 6 nitrogen and oxygen atoms in total. The number of ether oxygens (including phenoxy) is 2. The Balaban J connectivity index is 2.00. The summed E-state index contributed by atoms with van der Waals surface area (Å²) in [4.78, 5) is 19.1. The van der Waals surface area contributed by atoms with Crippen molar-refractivity contribution in [3.8, 4) is 28.8 Å². The first-order valence-electron chi connectivity index (χ1n) is 8.89. The fraction of sp³-hybridized carbons (Fsp3) is 0.190. The molecule has 0 spiro atoms. The fourth-order valence-electron chi connectivity index (χ4n) is 2.72. The van der Waals surface area contributed by atoms with Crippen molar-refractivity contribution in [3.63, 3.8) is 0 Å². The summed E-state index contributed by atoms with van der Waals surface area (Å²) in [7, 11) is 0. The Morgan fingerprint density at radius 3 is 2.73 bits per heavy atom. The topological polar surface area (TPSA) is 88.0 Å². The molecule has 0 unspecified atom stereocenters. The van der Waals surface area contributed by atoms with E-state index in [1.54, 1.807) is 30.5 Å². The number of nitrogens with zero attached hydrogens (tertiary/aromatic N) is 2. The number of thioether (sulfide) groups is 1. The van der Waals surface area contributed by atoms with Gasteiger partial charge in [-0.3, -0.25) is 4.79 Å². The van der Waals surface area contributed by atoms with Crippen LogP contribution in [0.5, 0.6) is 11.5 Å². The van der Waals surface area contributed by atoms with Gasteiger partial charge in [0.05, 0.1) is 17.3 Å². The molecule has 0 aliphatic rings. The van der Waals surface area contributed by atoms with Crippen LogP contribution in [0.4, 0.5) is 4.39 Å². The van der Waals surface area contributed by atoms with E-state index >= 15 is 0 Å². The van der Waals surface area contributed by atoms with Crippen LogP contribution in [0.3, 0.4) is 0 Å². The Morgan fingerprint density at radius 2 is 2.07 bits per heavy atom. The molecular weight excluding hydrogens is 429 g/mol. The van der Waals surface area contributed by atoms with Gasteiger partial charge in [-0.05, 0) is 43.5 Å². The molecule has 0 aliphatic carbocycles. The highest BCUT2D eigenvalue weighted by molar-refractivity contribution is 7.98. The second kappa shape index (κ2) is 9.65. The van der Waals surface area contributed by atoms with E-state index in [9.17, 15) is 14.4 Å². The van der Waals surface area contributed by atoms with Crippen LogP contribution in [0.2, 0.25) is 5.02 Å². The lowest BCUT2D eigenvalue weighted by Crippen LogP contribution is -2.14. The third kappa shape index (κ3) is 4.58. The molecule has 3 rings (SSSR count). The monoisotopic (exact) mass is 445 g/mol. The number of hydrogen-bond donors (Lipinski definition) is 1. The van der Waals surface area contributed by atoms with Gasteiger partial charge in [0.25, 0.3) is 5.56 Å². The van der Waals surface area contributed by atoms with Crippen molar-refractivity contribution in [2.24, 2.45) is 0 Å². The first-order chi connectivity index (χ1) is 14.5. The first kappa shape index (κ1) is 21.7. The van der Waals surface area contributed by atoms with E-state index in [0.29, 0.717) is 28.8 Å². The zero-order valence-corrected chi connectivity index (χ0v) is 17.7. The standard InChI is InChI=1S/C21H17ClFN3O3S/c1-3-28-18-9-12(19-13(10-24)20(27)26-21(25-19)30-2)7-8-17(18)29-11-14-15(22)5-4-6-16(14)23/h4-9H,3,11H2,1-2H3,(H,25,26,27). The first-order valence-corrected chi connectivity index (χ1v) is 10.5. The van der Waals surface area contributed by atoms with E-state index < -0.39 is 11.4 Å². The maximum Gasteiger partial charge on any atom is 0.270 e. The van der Waals surface area contributed by atoms with Gasteiger partial charge in [-0.25, -0.2) is 9.37 Å². The molecule has 0 saturated carbocycles. The van der Waals surface area contributed by atoms with Gasteiger partial charge in [0.1, 0.15) is 24.1 Å². The summed E-state index contributed by atoms with van der Waals surface area (Å²) >= 11 is 7.31. The van der Waals surface area contributed by atoms with Gasteiger partial charge < -0.3 is 14.5 Å². The van der Waals surface area contributed by atoms with Crippen molar-refractivity contribution in [1.29, 1.82) is 5.26 Å². The molecule has 3 aromatic rings. The minimum atomic E-state index is -0.515. The highest BCUT2D eigenvalue weighted by atomic mass is 35.5. The predicted octanol–water partition coefficient (Wildman–Crippen LogP) is 4.80. The van der Waals surface area contributed by atoms with Crippen LogP contribution < -0.4 is 15.0 Å². The van der Waals surface area contributed by atoms with E-state index in [1.807, 2.05) is 13.0 Å². The van der Waals surface area contributed by atoms with Crippen LogP contribution >= 0.6 is 23.4 Å². The molecule has 2 aromatic carbocycles. The highest BCUT2D eigenvalue weighted by Crippen LogP contribution is 2.34. The maximum absolute atomic E-state index is 14.0. The van der Waals surface area contributed by atoms with Gasteiger partial charge in [0, 0.05) is 11.1 Å². The molecule has 0 radical (unpaired) electrons. The maximum atomic E-state index is 14.0. The van der Waals surface area contributed by atoms with Crippen LogP contribution in [-0.4, -0.2) is 22.8 Å². The lowest BCUT2D eigenvalue weighted by Gasteiger charge is -2.14.